The lowest BCUT2D eigenvalue weighted by Crippen LogP contribution is -2.13. The number of aliphatic hydroxyl groups is 1. The summed E-state index contributed by atoms with van der Waals surface area (Å²) in [7, 11) is 0. The number of fused-ring (bicyclic) bond motifs is 1. The molecular weight excluding hydrogens is 284 g/mol. The molecule has 120 valence electrons. The summed E-state index contributed by atoms with van der Waals surface area (Å²) in [6, 6.07) is 8.08. The Morgan fingerprint density at radius 3 is 3.00 bits per heavy atom. The van der Waals surface area contributed by atoms with Gasteiger partial charge in [-0.1, -0.05) is 49.9 Å². The number of hydrogen-bond acceptors (Lipinski definition) is 2. The third-order valence-corrected chi connectivity index (χ3v) is 4.79. The lowest BCUT2D eigenvalue weighted by Gasteiger charge is -2.19. The third kappa shape index (κ3) is 3.30. The number of aromatic nitrogens is 2. The second kappa shape index (κ2) is 6.97. The molecule has 3 rings (SSSR count). The molecule has 0 amide bonds. The fraction of sp³-hybridized carbons (Fsp3) is 0.350. The summed E-state index contributed by atoms with van der Waals surface area (Å²) < 4.78 is 2.16. The van der Waals surface area contributed by atoms with Gasteiger partial charge in [-0.25, -0.2) is 4.98 Å². The second-order valence-electron chi connectivity index (χ2n) is 6.26. The van der Waals surface area contributed by atoms with E-state index in [1.54, 1.807) is 0 Å². The zero-order valence-corrected chi connectivity index (χ0v) is 13.7. The highest BCUT2D eigenvalue weighted by molar-refractivity contribution is 5.75. The monoisotopic (exact) mass is 308 g/mol. The van der Waals surface area contributed by atoms with E-state index in [1.165, 1.54) is 5.57 Å². The van der Waals surface area contributed by atoms with Crippen LogP contribution in [0.5, 0.6) is 0 Å². The van der Waals surface area contributed by atoms with Gasteiger partial charge in [0.25, 0.3) is 0 Å². The van der Waals surface area contributed by atoms with Crippen LogP contribution in [-0.2, 0) is 13.2 Å². The number of imidazole rings is 1. The van der Waals surface area contributed by atoms with Gasteiger partial charge in [-0.2, -0.15) is 0 Å². The van der Waals surface area contributed by atoms with Crippen molar-refractivity contribution < 1.29 is 5.11 Å². The smallest absolute Gasteiger partial charge is 0.135 e. The number of para-hydroxylation sites is 2. The first-order chi connectivity index (χ1) is 11.2. The molecule has 1 aromatic heterocycles. The first-order valence-corrected chi connectivity index (χ1v) is 8.28. The highest BCUT2D eigenvalue weighted by Gasteiger charge is 2.17. The fourth-order valence-corrected chi connectivity index (χ4v) is 3.30. The van der Waals surface area contributed by atoms with Crippen LogP contribution in [-0.4, -0.2) is 14.7 Å². The maximum absolute atomic E-state index is 9.60. The largest absolute Gasteiger partial charge is 0.388 e. The predicted molar refractivity (Wildman–Crippen MR) is 95.0 cm³/mol. The highest BCUT2D eigenvalue weighted by Crippen LogP contribution is 2.27. The van der Waals surface area contributed by atoms with Crippen LogP contribution in [0.4, 0.5) is 0 Å². The minimum Gasteiger partial charge on any atom is -0.388 e. The van der Waals surface area contributed by atoms with E-state index >= 15 is 0 Å². The van der Waals surface area contributed by atoms with Crippen LogP contribution in [0.25, 0.3) is 11.0 Å². The number of nitrogens with zero attached hydrogens (tertiary/aromatic N) is 2. The first-order valence-electron chi connectivity index (χ1n) is 8.28. The Bertz CT molecular complexity index is 754. The van der Waals surface area contributed by atoms with E-state index in [2.05, 4.69) is 47.3 Å². The van der Waals surface area contributed by atoms with Crippen molar-refractivity contribution in [2.75, 3.05) is 0 Å². The number of aliphatic hydroxyl groups excluding tert-OH is 1. The average Bonchev–Trinajstić information content (AvgIpc) is 2.84. The molecular formula is C20H24N2O. The molecule has 3 heteroatoms. The zero-order chi connectivity index (χ0) is 16.2. The molecule has 1 N–H and O–H groups in total. The predicted octanol–water partition coefficient (Wildman–Crippen LogP) is 4.24. The molecule has 0 saturated carbocycles. The molecule has 1 heterocycles. The van der Waals surface area contributed by atoms with Crippen molar-refractivity contribution in [3.63, 3.8) is 0 Å². The van der Waals surface area contributed by atoms with Gasteiger partial charge in [-0.3, -0.25) is 0 Å². The molecule has 23 heavy (non-hydrogen) atoms. The molecule has 1 aliphatic rings. The SMILES string of the molecule is C=CC1=CCC(C)C(CCn2c(CO)nc3ccccc32)C=C1. The Morgan fingerprint density at radius 1 is 1.39 bits per heavy atom. The zero-order valence-electron chi connectivity index (χ0n) is 13.7. The van der Waals surface area contributed by atoms with Gasteiger partial charge < -0.3 is 9.67 Å². The molecule has 0 fully saturated rings. The Kier molecular flexibility index (Phi) is 4.77. The topological polar surface area (TPSA) is 38.0 Å². The van der Waals surface area contributed by atoms with Crippen molar-refractivity contribution in [1.29, 1.82) is 0 Å². The number of hydrogen-bond donors (Lipinski definition) is 1. The molecule has 1 aromatic carbocycles. The molecule has 0 saturated heterocycles. The van der Waals surface area contributed by atoms with Gasteiger partial charge in [0.1, 0.15) is 12.4 Å². The van der Waals surface area contributed by atoms with Crippen LogP contribution in [0.1, 0.15) is 25.6 Å². The number of aryl methyl sites for hydroxylation is 1. The van der Waals surface area contributed by atoms with Crippen LogP contribution in [0.15, 0.2) is 60.7 Å². The summed E-state index contributed by atoms with van der Waals surface area (Å²) in [6.45, 7) is 7.02. The first kappa shape index (κ1) is 15.8. The molecule has 2 atom stereocenters. The van der Waals surface area contributed by atoms with Gasteiger partial charge >= 0.3 is 0 Å². The molecule has 0 spiro atoms. The van der Waals surface area contributed by atoms with Gasteiger partial charge in [0.05, 0.1) is 11.0 Å². The minimum atomic E-state index is -0.0209. The van der Waals surface area contributed by atoms with Crippen molar-refractivity contribution >= 4 is 11.0 Å². The van der Waals surface area contributed by atoms with E-state index < -0.39 is 0 Å². The molecule has 0 radical (unpaired) electrons. The van der Waals surface area contributed by atoms with E-state index in [4.69, 9.17) is 0 Å². The van der Waals surface area contributed by atoms with E-state index in [0.29, 0.717) is 11.8 Å². The highest BCUT2D eigenvalue weighted by atomic mass is 16.3. The molecule has 1 aliphatic carbocycles. The lowest BCUT2D eigenvalue weighted by molar-refractivity contribution is 0.263. The summed E-state index contributed by atoms with van der Waals surface area (Å²) in [5, 5.41) is 9.60. The van der Waals surface area contributed by atoms with Crippen molar-refractivity contribution in [3.8, 4) is 0 Å². The molecule has 2 aromatic rings. The van der Waals surface area contributed by atoms with Crippen LogP contribution >= 0.6 is 0 Å². The quantitative estimate of drug-likeness (QED) is 0.897. The van der Waals surface area contributed by atoms with Gasteiger partial charge in [0.2, 0.25) is 0 Å². The van der Waals surface area contributed by atoms with Gasteiger partial charge in [-0.05, 0) is 42.4 Å². The van der Waals surface area contributed by atoms with Crippen molar-refractivity contribution in [3.05, 3.63) is 66.5 Å². The van der Waals surface area contributed by atoms with Crippen LogP contribution in [0.3, 0.4) is 0 Å². The number of benzene rings is 1. The Hall–Kier alpha value is -2.13. The van der Waals surface area contributed by atoms with E-state index in [-0.39, 0.29) is 6.61 Å². The van der Waals surface area contributed by atoms with Gasteiger partial charge in [0, 0.05) is 6.54 Å². The Balaban J connectivity index is 1.79. The standard InChI is InChI=1S/C20H24N2O/c1-3-16-9-8-15(2)17(11-10-16)12-13-22-19-7-5-4-6-18(19)21-20(22)14-23/h3-7,9-11,15,17,23H,1,8,12-14H2,2H3. The summed E-state index contributed by atoms with van der Waals surface area (Å²) in [4.78, 5) is 4.53. The minimum absolute atomic E-state index is 0.0209. The molecule has 0 aliphatic heterocycles. The second-order valence-corrected chi connectivity index (χ2v) is 6.26. The Morgan fingerprint density at radius 2 is 2.22 bits per heavy atom. The van der Waals surface area contributed by atoms with Crippen LogP contribution in [0, 0.1) is 11.8 Å². The van der Waals surface area contributed by atoms with Crippen molar-refractivity contribution in [1.82, 2.24) is 9.55 Å². The van der Waals surface area contributed by atoms with E-state index in [9.17, 15) is 5.11 Å². The summed E-state index contributed by atoms with van der Waals surface area (Å²) in [6.07, 6.45) is 10.8. The van der Waals surface area contributed by atoms with Crippen LogP contribution in [0.2, 0.25) is 0 Å². The van der Waals surface area contributed by atoms with E-state index in [0.717, 1.165) is 36.2 Å². The lowest BCUT2D eigenvalue weighted by atomic mass is 9.89. The number of rotatable bonds is 5. The van der Waals surface area contributed by atoms with Gasteiger partial charge in [0.15, 0.2) is 0 Å². The molecule has 3 nitrogen and oxygen atoms in total. The average molecular weight is 308 g/mol. The third-order valence-electron chi connectivity index (χ3n) is 4.79. The summed E-state index contributed by atoms with van der Waals surface area (Å²) >= 11 is 0. The van der Waals surface area contributed by atoms with Crippen LogP contribution < -0.4 is 0 Å². The van der Waals surface area contributed by atoms with Gasteiger partial charge in [-0.15, -0.1) is 0 Å². The maximum Gasteiger partial charge on any atom is 0.135 e. The summed E-state index contributed by atoms with van der Waals surface area (Å²) in [5.41, 5.74) is 3.27. The van der Waals surface area contributed by atoms with E-state index in [1.807, 2.05) is 24.3 Å². The number of allylic oxidation sites excluding steroid dienone is 5. The van der Waals surface area contributed by atoms with Crippen molar-refractivity contribution in [2.24, 2.45) is 11.8 Å². The van der Waals surface area contributed by atoms with Crippen molar-refractivity contribution in [2.45, 2.75) is 32.9 Å². The summed E-state index contributed by atoms with van der Waals surface area (Å²) in [5.74, 6) is 1.88. The maximum atomic E-state index is 9.60. The molecule has 2 unspecified atom stereocenters. The normalized spacial score (nSPS) is 21.2. The fourth-order valence-electron chi connectivity index (χ4n) is 3.30. The molecule has 0 bridgehead atoms. The Labute approximate surface area is 137 Å².